The van der Waals surface area contributed by atoms with Gasteiger partial charge < -0.3 is 9.88 Å². The normalized spacial score (nSPS) is 15.6. The van der Waals surface area contributed by atoms with Gasteiger partial charge in [0.15, 0.2) is 5.82 Å². The van der Waals surface area contributed by atoms with E-state index in [2.05, 4.69) is 75.7 Å². The van der Waals surface area contributed by atoms with Crippen molar-refractivity contribution in [1.29, 1.82) is 0 Å². The molecule has 144 valence electrons. The van der Waals surface area contributed by atoms with E-state index in [0.29, 0.717) is 0 Å². The number of benzene rings is 1. The number of piperidine rings is 1. The number of hydrogen-bond donors (Lipinski definition) is 1. The van der Waals surface area contributed by atoms with Crippen LogP contribution in [0, 0.1) is 13.8 Å². The molecule has 1 aromatic carbocycles. The predicted octanol–water partition coefficient (Wildman–Crippen LogP) is 4.52. The first-order valence-corrected chi connectivity index (χ1v) is 10.1. The van der Waals surface area contributed by atoms with Crippen molar-refractivity contribution in [2.24, 2.45) is 4.99 Å². The quantitative estimate of drug-likeness (QED) is 0.799. The molecule has 0 bridgehead atoms. The van der Waals surface area contributed by atoms with Crippen molar-refractivity contribution in [2.75, 3.05) is 13.1 Å². The molecule has 1 aliphatic heterocycles. The van der Waals surface area contributed by atoms with E-state index < -0.39 is 0 Å². The largest absolute Gasteiger partial charge is 0.355 e. The Bertz CT molecular complexity index is 962. The number of nitrogens with zero attached hydrogens (tertiary/aromatic N) is 2. The molecule has 27 heavy (non-hydrogen) atoms. The van der Waals surface area contributed by atoms with Crippen LogP contribution in [0.2, 0.25) is 0 Å². The second kappa shape index (κ2) is 8.16. The SMILES string of the molecule is CC(C)=N/C(=c1/[nH]c(-c2ccc(C)c(C)c2)cc1=C(C)C)N1CCCCC1. The molecule has 0 saturated carbocycles. The van der Waals surface area contributed by atoms with E-state index in [0.717, 1.165) is 30.0 Å². The lowest BCUT2D eigenvalue weighted by atomic mass is 10.0. The van der Waals surface area contributed by atoms with Gasteiger partial charge >= 0.3 is 0 Å². The first-order chi connectivity index (χ1) is 12.9. The van der Waals surface area contributed by atoms with Gasteiger partial charge in [-0.2, -0.15) is 0 Å². The highest BCUT2D eigenvalue weighted by atomic mass is 15.2. The molecule has 0 unspecified atom stereocenters. The first-order valence-electron chi connectivity index (χ1n) is 10.1. The van der Waals surface area contributed by atoms with Crippen LogP contribution in [0.5, 0.6) is 0 Å². The van der Waals surface area contributed by atoms with Gasteiger partial charge in [0.2, 0.25) is 0 Å². The fourth-order valence-electron chi connectivity index (χ4n) is 3.69. The zero-order valence-electron chi connectivity index (χ0n) is 17.7. The zero-order valence-corrected chi connectivity index (χ0v) is 17.7. The second-order valence-electron chi connectivity index (χ2n) is 8.20. The highest BCUT2D eigenvalue weighted by Crippen LogP contribution is 2.20. The molecule has 3 rings (SSSR count). The van der Waals surface area contributed by atoms with Gasteiger partial charge in [-0.05, 0) is 89.6 Å². The maximum Gasteiger partial charge on any atom is 0.152 e. The van der Waals surface area contributed by atoms with E-state index >= 15 is 0 Å². The van der Waals surface area contributed by atoms with Crippen molar-refractivity contribution < 1.29 is 0 Å². The molecule has 0 atom stereocenters. The second-order valence-corrected chi connectivity index (χ2v) is 8.20. The summed E-state index contributed by atoms with van der Waals surface area (Å²) in [5, 5.41) is 2.43. The minimum Gasteiger partial charge on any atom is -0.355 e. The maximum atomic E-state index is 4.97. The highest BCUT2D eigenvalue weighted by molar-refractivity contribution is 5.83. The third-order valence-corrected chi connectivity index (χ3v) is 5.38. The molecular formula is C24H33N3. The summed E-state index contributed by atoms with van der Waals surface area (Å²) >= 11 is 0. The third-order valence-electron chi connectivity index (χ3n) is 5.38. The van der Waals surface area contributed by atoms with E-state index in [9.17, 15) is 0 Å². The fraction of sp³-hybridized carbons (Fsp3) is 0.458. The Labute approximate surface area is 163 Å². The Morgan fingerprint density at radius 1 is 0.926 bits per heavy atom. The van der Waals surface area contributed by atoms with Crippen LogP contribution in [0.4, 0.5) is 0 Å². The topological polar surface area (TPSA) is 31.4 Å². The number of nitrogens with one attached hydrogen (secondary N) is 1. The van der Waals surface area contributed by atoms with Gasteiger partial charge in [0.1, 0.15) is 0 Å². The summed E-state index contributed by atoms with van der Waals surface area (Å²) < 4.78 is 0. The lowest BCUT2D eigenvalue weighted by Crippen LogP contribution is -2.37. The molecule has 0 amide bonds. The lowest BCUT2D eigenvalue weighted by Gasteiger charge is -2.28. The highest BCUT2D eigenvalue weighted by Gasteiger charge is 2.16. The summed E-state index contributed by atoms with van der Waals surface area (Å²) in [7, 11) is 0. The Balaban J connectivity index is 2.27. The van der Waals surface area contributed by atoms with Gasteiger partial charge in [0.05, 0.1) is 5.35 Å². The van der Waals surface area contributed by atoms with Crippen LogP contribution in [-0.4, -0.2) is 28.7 Å². The molecule has 0 aliphatic carbocycles. The summed E-state index contributed by atoms with van der Waals surface area (Å²) in [5.74, 6) is 1.10. The number of likely N-dealkylation sites (tertiary alicyclic amines) is 1. The van der Waals surface area contributed by atoms with E-state index in [1.54, 1.807) is 0 Å². The molecule has 2 heterocycles. The zero-order chi connectivity index (χ0) is 19.6. The van der Waals surface area contributed by atoms with Crippen molar-refractivity contribution in [2.45, 2.75) is 60.8 Å². The molecule has 0 spiro atoms. The Kier molecular flexibility index (Phi) is 5.88. The minimum absolute atomic E-state index is 1.09. The van der Waals surface area contributed by atoms with Crippen molar-refractivity contribution in [3.63, 3.8) is 0 Å². The Morgan fingerprint density at radius 2 is 1.63 bits per heavy atom. The van der Waals surface area contributed by atoms with Crippen LogP contribution in [0.25, 0.3) is 22.7 Å². The van der Waals surface area contributed by atoms with Crippen molar-refractivity contribution >= 4 is 17.1 Å². The summed E-state index contributed by atoms with van der Waals surface area (Å²) in [6.45, 7) is 15.1. The maximum absolute atomic E-state index is 4.97. The summed E-state index contributed by atoms with van der Waals surface area (Å²) in [5.41, 5.74) is 7.47. The Hall–Kier alpha value is -2.29. The van der Waals surface area contributed by atoms with E-state index in [1.165, 1.54) is 52.4 Å². The molecular weight excluding hydrogens is 330 g/mol. The van der Waals surface area contributed by atoms with Gasteiger partial charge in [0, 0.05) is 29.7 Å². The van der Waals surface area contributed by atoms with Crippen LogP contribution in [-0.2, 0) is 0 Å². The molecule has 3 heteroatoms. The van der Waals surface area contributed by atoms with Crippen LogP contribution < -0.4 is 10.6 Å². The molecule has 1 aliphatic rings. The molecule has 0 radical (unpaired) electrons. The monoisotopic (exact) mass is 363 g/mol. The number of aliphatic imine (C=N–C) groups is 1. The van der Waals surface area contributed by atoms with Gasteiger partial charge in [-0.15, -0.1) is 0 Å². The molecule has 1 fully saturated rings. The van der Waals surface area contributed by atoms with Gasteiger partial charge in [0.25, 0.3) is 0 Å². The summed E-state index contributed by atoms with van der Waals surface area (Å²) in [6, 6.07) is 8.98. The van der Waals surface area contributed by atoms with Crippen molar-refractivity contribution in [3.05, 3.63) is 46.0 Å². The van der Waals surface area contributed by atoms with Crippen LogP contribution >= 0.6 is 0 Å². The van der Waals surface area contributed by atoms with Gasteiger partial charge in [-0.1, -0.05) is 17.7 Å². The first kappa shape index (κ1) is 19.5. The van der Waals surface area contributed by atoms with E-state index in [4.69, 9.17) is 4.99 Å². The van der Waals surface area contributed by atoms with Crippen LogP contribution in [0.1, 0.15) is 58.1 Å². The number of rotatable bonds is 3. The standard InChI is InChI=1S/C24H33N3/c1-16(2)21-15-22(20-11-10-18(5)19(6)14-20)26-23(21)24(25-17(3)4)27-12-8-7-9-13-27/h10-11,14-15,26H,7-9,12-13H2,1-6H3/b24-23-. The molecule has 2 aromatic rings. The average molecular weight is 364 g/mol. The van der Waals surface area contributed by atoms with Gasteiger partial charge in [-0.25, -0.2) is 4.99 Å². The van der Waals surface area contributed by atoms with Gasteiger partial charge in [-0.3, -0.25) is 0 Å². The van der Waals surface area contributed by atoms with Crippen molar-refractivity contribution in [1.82, 2.24) is 9.88 Å². The summed E-state index contributed by atoms with van der Waals surface area (Å²) in [6.07, 6.45) is 3.82. The smallest absolute Gasteiger partial charge is 0.152 e. The van der Waals surface area contributed by atoms with E-state index in [1.807, 2.05) is 0 Å². The van der Waals surface area contributed by atoms with Crippen LogP contribution in [0.3, 0.4) is 0 Å². The summed E-state index contributed by atoms with van der Waals surface area (Å²) in [4.78, 5) is 11.1. The molecule has 1 saturated heterocycles. The van der Waals surface area contributed by atoms with Crippen LogP contribution in [0.15, 0.2) is 29.3 Å². The minimum atomic E-state index is 1.09. The molecule has 1 aromatic heterocycles. The lowest BCUT2D eigenvalue weighted by molar-refractivity contribution is 0.319. The number of aromatic nitrogens is 1. The molecule has 3 nitrogen and oxygen atoms in total. The number of aryl methyl sites for hydroxylation is 2. The fourth-order valence-corrected chi connectivity index (χ4v) is 3.69. The predicted molar refractivity (Wildman–Crippen MR) is 117 cm³/mol. The van der Waals surface area contributed by atoms with Crippen molar-refractivity contribution in [3.8, 4) is 11.3 Å². The third kappa shape index (κ3) is 4.35. The number of aromatic amines is 1. The molecule has 1 N–H and O–H groups in total. The number of H-pyrrole nitrogens is 1. The van der Waals surface area contributed by atoms with E-state index in [-0.39, 0.29) is 0 Å². The number of hydrogen-bond acceptors (Lipinski definition) is 2. The Morgan fingerprint density at radius 3 is 2.22 bits per heavy atom. The average Bonchev–Trinajstić information content (AvgIpc) is 3.08.